The van der Waals surface area contributed by atoms with Gasteiger partial charge in [0, 0.05) is 42.3 Å². The van der Waals surface area contributed by atoms with Crippen LogP contribution in [0.4, 0.5) is 5.69 Å². The van der Waals surface area contributed by atoms with Crippen LogP contribution in [0.2, 0.25) is 0 Å². The van der Waals surface area contributed by atoms with Crippen LogP contribution in [0.5, 0.6) is 0 Å². The molecular formula is C24H20N8S. The smallest absolute Gasteiger partial charge is 0.159 e. The van der Waals surface area contributed by atoms with Crippen molar-refractivity contribution in [1.82, 2.24) is 35.1 Å². The van der Waals surface area contributed by atoms with E-state index in [0.29, 0.717) is 5.82 Å². The summed E-state index contributed by atoms with van der Waals surface area (Å²) in [6.45, 7) is 2.09. The number of aryl methyl sites for hydroxylation is 1. The second-order valence-electron chi connectivity index (χ2n) is 8.07. The third kappa shape index (κ3) is 3.33. The largest absolute Gasteiger partial charge is 0.376 e. The molecule has 0 aliphatic rings. The minimum absolute atomic E-state index is 0.691. The van der Waals surface area contributed by atoms with Crippen molar-refractivity contribution in [1.29, 1.82) is 0 Å². The average molecular weight is 453 g/mol. The van der Waals surface area contributed by atoms with Gasteiger partial charge in [-0.1, -0.05) is 0 Å². The van der Waals surface area contributed by atoms with Crippen LogP contribution in [-0.2, 0) is 0 Å². The zero-order chi connectivity index (χ0) is 22.5. The molecule has 0 fully saturated rings. The number of H-pyrrole nitrogens is 2. The highest BCUT2D eigenvalue weighted by molar-refractivity contribution is 7.15. The number of nitrogens with zero attached hydrogens (tertiary/aromatic N) is 6. The first-order valence-electron chi connectivity index (χ1n) is 10.5. The summed E-state index contributed by atoms with van der Waals surface area (Å²) in [5.41, 5.74) is 7.02. The Kier molecular flexibility index (Phi) is 4.44. The molecule has 0 aromatic carbocycles. The maximum absolute atomic E-state index is 4.90. The fourth-order valence-electron chi connectivity index (χ4n) is 3.86. The van der Waals surface area contributed by atoms with Crippen molar-refractivity contribution in [3.8, 4) is 33.3 Å². The molecule has 0 aliphatic heterocycles. The summed E-state index contributed by atoms with van der Waals surface area (Å²) in [5, 5.41) is 8.57. The van der Waals surface area contributed by atoms with Crippen molar-refractivity contribution in [2.75, 3.05) is 19.0 Å². The second-order valence-corrected chi connectivity index (χ2v) is 9.35. The zero-order valence-corrected chi connectivity index (χ0v) is 19.1. The predicted molar refractivity (Wildman–Crippen MR) is 132 cm³/mol. The Morgan fingerprint density at radius 2 is 1.85 bits per heavy atom. The Balaban J connectivity index is 1.48. The SMILES string of the molecule is Cc1ccc(-c2nccc3[nH]c(-c4n[nH]c5cnc(-c6cncc(N(C)C)c6)cc45)nc23)s1. The van der Waals surface area contributed by atoms with Gasteiger partial charge in [0.1, 0.15) is 16.9 Å². The Labute approximate surface area is 193 Å². The lowest BCUT2D eigenvalue weighted by atomic mass is 10.1. The number of pyridine rings is 3. The van der Waals surface area contributed by atoms with Gasteiger partial charge in [-0.3, -0.25) is 20.1 Å². The molecule has 0 saturated heterocycles. The topological polar surface area (TPSA) is 99.3 Å². The number of anilines is 1. The number of nitrogens with one attached hydrogen (secondary N) is 2. The Morgan fingerprint density at radius 3 is 2.67 bits per heavy atom. The second kappa shape index (κ2) is 7.49. The quantitative estimate of drug-likeness (QED) is 0.388. The van der Waals surface area contributed by atoms with Gasteiger partial charge in [-0.2, -0.15) is 5.10 Å². The third-order valence-electron chi connectivity index (χ3n) is 5.58. The normalized spacial score (nSPS) is 11.5. The maximum atomic E-state index is 4.90. The van der Waals surface area contributed by atoms with Gasteiger partial charge in [-0.15, -0.1) is 11.3 Å². The lowest BCUT2D eigenvalue weighted by molar-refractivity contribution is 1.10. The van der Waals surface area contributed by atoms with Crippen molar-refractivity contribution in [2.24, 2.45) is 0 Å². The first-order valence-corrected chi connectivity index (χ1v) is 11.3. The lowest BCUT2D eigenvalue weighted by Crippen LogP contribution is -2.08. The Hall–Kier alpha value is -4.11. The van der Waals surface area contributed by atoms with Crippen molar-refractivity contribution in [2.45, 2.75) is 6.92 Å². The van der Waals surface area contributed by atoms with E-state index in [1.165, 1.54) is 4.88 Å². The number of aromatic amines is 2. The molecule has 0 unspecified atom stereocenters. The number of imidazole rings is 1. The summed E-state index contributed by atoms with van der Waals surface area (Å²) in [5.74, 6) is 0.691. The van der Waals surface area contributed by atoms with E-state index in [4.69, 9.17) is 4.98 Å². The summed E-state index contributed by atoms with van der Waals surface area (Å²) in [4.78, 5) is 26.3. The van der Waals surface area contributed by atoms with E-state index >= 15 is 0 Å². The summed E-state index contributed by atoms with van der Waals surface area (Å²) in [6.07, 6.45) is 7.27. The van der Waals surface area contributed by atoms with Crippen LogP contribution >= 0.6 is 11.3 Å². The van der Waals surface area contributed by atoms with Gasteiger partial charge in [-0.25, -0.2) is 4.98 Å². The van der Waals surface area contributed by atoms with E-state index in [1.54, 1.807) is 17.5 Å². The van der Waals surface area contributed by atoms with Gasteiger partial charge in [-0.05, 0) is 37.3 Å². The van der Waals surface area contributed by atoms with E-state index in [9.17, 15) is 0 Å². The molecular weight excluding hydrogens is 432 g/mol. The van der Waals surface area contributed by atoms with E-state index in [-0.39, 0.29) is 0 Å². The fraction of sp³-hybridized carbons (Fsp3) is 0.125. The molecule has 33 heavy (non-hydrogen) atoms. The zero-order valence-electron chi connectivity index (χ0n) is 18.3. The first-order chi connectivity index (χ1) is 16.1. The highest BCUT2D eigenvalue weighted by atomic mass is 32.1. The highest BCUT2D eigenvalue weighted by Crippen LogP contribution is 2.34. The molecule has 0 aliphatic carbocycles. The highest BCUT2D eigenvalue weighted by Gasteiger charge is 2.17. The summed E-state index contributed by atoms with van der Waals surface area (Å²) in [7, 11) is 3.99. The Morgan fingerprint density at radius 1 is 0.939 bits per heavy atom. The van der Waals surface area contributed by atoms with Crippen LogP contribution in [0.25, 0.3) is 55.3 Å². The molecule has 9 heteroatoms. The fourth-order valence-corrected chi connectivity index (χ4v) is 4.72. The molecule has 6 aromatic heterocycles. The van der Waals surface area contributed by atoms with E-state index in [2.05, 4.69) is 55.3 Å². The molecule has 6 heterocycles. The molecule has 6 aromatic rings. The standard InChI is InChI=1S/C24H20N8S/c1-13-4-5-20(33-13)23-22-17(6-7-26-23)28-24(29-22)21-16-9-18(27-12-19(16)30-31-21)14-8-15(32(2)3)11-25-10-14/h4-12H,1-3H3,(H,28,29)(H,30,31). The van der Waals surface area contributed by atoms with Crippen molar-refractivity contribution >= 4 is 39.0 Å². The summed E-state index contributed by atoms with van der Waals surface area (Å²) < 4.78 is 0. The van der Waals surface area contributed by atoms with Crippen LogP contribution in [0.3, 0.4) is 0 Å². The van der Waals surface area contributed by atoms with Gasteiger partial charge in [0.2, 0.25) is 0 Å². The maximum Gasteiger partial charge on any atom is 0.159 e. The molecule has 6 rings (SSSR count). The van der Waals surface area contributed by atoms with Crippen LogP contribution in [0, 0.1) is 6.92 Å². The van der Waals surface area contributed by atoms with E-state index in [1.807, 2.05) is 49.7 Å². The minimum atomic E-state index is 0.691. The lowest BCUT2D eigenvalue weighted by Gasteiger charge is -2.12. The van der Waals surface area contributed by atoms with Crippen LogP contribution in [-0.4, -0.2) is 49.2 Å². The van der Waals surface area contributed by atoms with Gasteiger partial charge in [0.25, 0.3) is 0 Å². The van der Waals surface area contributed by atoms with Crippen molar-refractivity contribution in [3.05, 3.63) is 60.0 Å². The van der Waals surface area contributed by atoms with Gasteiger partial charge in [0.05, 0.1) is 39.7 Å². The third-order valence-corrected chi connectivity index (χ3v) is 6.59. The molecule has 0 amide bonds. The monoisotopic (exact) mass is 452 g/mol. The van der Waals surface area contributed by atoms with Crippen LogP contribution in [0.1, 0.15) is 4.88 Å². The number of fused-ring (bicyclic) bond motifs is 2. The number of aromatic nitrogens is 7. The van der Waals surface area contributed by atoms with E-state index in [0.717, 1.165) is 55.1 Å². The van der Waals surface area contributed by atoms with Gasteiger partial charge in [0.15, 0.2) is 5.82 Å². The van der Waals surface area contributed by atoms with Gasteiger partial charge >= 0.3 is 0 Å². The molecule has 0 spiro atoms. The number of rotatable bonds is 4. The molecule has 162 valence electrons. The molecule has 2 N–H and O–H groups in total. The number of hydrogen-bond acceptors (Lipinski definition) is 7. The molecule has 0 radical (unpaired) electrons. The molecule has 0 atom stereocenters. The molecule has 8 nitrogen and oxygen atoms in total. The van der Waals surface area contributed by atoms with Gasteiger partial charge < -0.3 is 9.88 Å². The van der Waals surface area contributed by atoms with E-state index < -0.39 is 0 Å². The number of hydrogen-bond donors (Lipinski definition) is 2. The van der Waals surface area contributed by atoms with Crippen molar-refractivity contribution in [3.63, 3.8) is 0 Å². The number of thiophene rings is 1. The first kappa shape index (κ1) is 19.6. The summed E-state index contributed by atoms with van der Waals surface area (Å²) in [6, 6.07) is 10.2. The molecule has 0 bridgehead atoms. The van der Waals surface area contributed by atoms with Crippen LogP contribution < -0.4 is 4.90 Å². The summed E-state index contributed by atoms with van der Waals surface area (Å²) >= 11 is 1.71. The Bertz CT molecular complexity index is 1620. The van der Waals surface area contributed by atoms with Crippen molar-refractivity contribution < 1.29 is 0 Å². The average Bonchev–Trinajstić information content (AvgIpc) is 3.55. The van der Waals surface area contributed by atoms with Crippen LogP contribution in [0.15, 0.2) is 55.1 Å². The molecule has 0 saturated carbocycles. The predicted octanol–water partition coefficient (Wildman–Crippen LogP) is 5.06. The minimum Gasteiger partial charge on any atom is -0.376 e.